The minimum atomic E-state index is 0.534. The van der Waals surface area contributed by atoms with Crippen molar-refractivity contribution in [1.29, 1.82) is 5.26 Å². The van der Waals surface area contributed by atoms with Crippen molar-refractivity contribution in [3.05, 3.63) is 34.3 Å². The summed E-state index contributed by atoms with van der Waals surface area (Å²) in [4.78, 5) is 2.25. The molecule has 1 aliphatic rings. The summed E-state index contributed by atoms with van der Waals surface area (Å²) >= 11 is 3.54. The molecule has 1 fully saturated rings. The van der Waals surface area contributed by atoms with Crippen LogP contribution in [-0.2, 0) is 6.54 Å². The average Bonchev–Trinajstić information content (AvgIpc) is 3.04. The predicted octanol–water partition coefficient (Wildman–Crippen LogP) is 2.94. The summed E-state index contributed by atoms with van der Waals surface area (Å²) < 4.78 is 1.13. The van der Waals surface area contributed by atoms with Crippen molar-refractivity contribution >= 4 is 15.9 Å². The molecule has 0 N–H and O–H groups in total. The fraction of sp³-hybridized carbons (Fsp3) is 0.417. The molecule has 0 aromatic heterocycles. The Balaban J connectivity index is 2.06. The quantitative estimate of drug-likeness (QED) is 0.782. The van der Waals surface area contributed by atoms with E-state index in [0.717, 1.165) is 11.0 Å². The lowest BCUT2D eigenvalue weighted by Crippen LogP contribution is -2.25. The molecule has 1 aromatic carbocycles. The summed E-state index contributed by atoms with van der Waals surface area (Å²) in [5.41, 5.74) is 1.26. The molecular weight excluding hydrogens is 252 g/mol. The molecule has 0 bridgehead atoms. The van der Waals surface area contributed by atoms with E-state index in [1.807, 2.05) is 18.2 Å². The molecule has 15 heavy (non-hydrogen) atoms. The van der Waals surface area contributed by atoms with Crippen molar-refractivity contribution in [2.75, 3.05) is 6.54 Å². The zero-order valence-corrected chi connectivity index (χ0v) is 10.1. The highest BCUT2D eigenvalue weighted by atomic mass is 79.9. The highest BCUT2D eigenvalue weighted by Gasteiger charge is 2.28. The normalized spacial score (nSPS) is 15.3. The summed E-state index contributed by atoms with van der Waals surface area (Å²) in [6, 6.07) is 11.1. The third-order valence-electron chi connectivity index (χ3n) is 2.67. The SMILES string of the molecule is N#CCN(Cc1ccccc1Br)C1CC1. The zero-order chi connectivity index (χ0) is 10.7. The van der Waals surface area contributed by atoms with E-state index in [2.05, 4.69) is 33.0 Å². The molecule has 0 unspecified atom stereocenters. The molecule has 0 aliphatic heterocycles. The first-order chi connectivity index (χ1) is 7.31. The van der Waals surface area contributed by atoms with Gasteiger partial charge in [-0.25, -0.2) is 0 Å². The maximum atomic E-state index is 8.76. The van der Waals surface area contributed by atoms with Gasteiger partial charge >= 0.3 is 0 Å². The van der Waals surface area contributed by atoms with Crippen LogP contribution in [0.4, 0.5) is 0 Å². The molecule has 2 nitrogen and oxygen atoms in total. The van der Waals surface area contributed by atoms with Gasteiger partial charge in [-0.3, -0.25) is 4.90 Å². The lowest BCUT2D eigenvalue weighted by molar-refractivity contribution is 0.286. The number of hydrogen-bond donors (Lipinski definition) is 0. The van der Waals surface area contributed by atoms with Crippen LogP contribution >= 0.6 is 15.9 Å². The Hall–Kier alpha value is -0.850. The second-order valence-corrected chi connectivity index (χ2v) is 4.74. The van der Waals surface area contributed by atoms with Gasteiger partial charge in [0, 0.05) is 17.1 Å². The Morgan fingerprint density at radius 2 is 2.13 bits per heavy atom. The molecule has 0 saturated heterocycles. The first-order valence-corrected chi connectivity index (χ1v) is 5.95. The zero-order valence-electron chi connectivity index (χ0n) is 8.49. The second-order valence-electron chi connectivity index (χ2n) is 3.89. The fourth-order valence-electron chi connectivity index (χ4n) is 1.69. The fourth-order valence-corrected chi connectivity index (χ4v) is 2.10. The predicted molar refractivity (Wildman–Crippen MR) is 63.2 cm³/mol. The molecular formula is C12H13BrN2. The van der Waals surface area contributed by atoms with Crippen molar-refractivity contribution < 1.29 is 0 Å². The number of benzene rings is 1. The van der Waals surface area contributed by atoms with E-state index in [1.54, 1.807) is 0 Å². The van der Waals surface area contributed by atoms with E-state index in [1.165, 1.54) is 18.4 Å². The van der Waals surface area contributed by atoms with E-state index >= 15 is 0 Å². The molecule has 0 atom stereocenters. The molecule has 3 heteroatoms. The van der Waals surface area contributed by atoms with Gasteiger partial charge in [0.05, 0.1) is 12.6 Å². The van der Waals surface area contributed by atoms with Crippen LogP contribution in [0.2, 0.25) is 0 Å². The molecule has 2 rings (SSSR count). The standard InChI is InChI=1S/C12H13BrN2/c13-12-4-2-1-3-10(12)9-15(8-7-14)11-5-6-11/h1-4,11H,5-6,8-9H2. The molecule has 1 aliphatic carbocycles. The van der Waals surface area contributed by atoms with Crippen LogP contribution in [0.1, 0.15) is 18.4 Å². The van der Waals surface area contributed by atoms with Crippen molar-refractivity contribution in [1.82, 2.24) is 4.90 Å². The van der Waals surface area contributed by atoms with Crippen LogP contribution in [0, 0.1) is 11.3 Å². The minimum absolute atomic E-state index is 0.534. The van der Waals surface area contributed by atoms with Gasteiger partial charge in [0.25, 0.3) is 0 Å². The van der Waals surface area contributed by atoms with Gasteiger partial charge in [0.1, 0.15) is 0 Å². The van der Waals surface area contributed by atoms with Gasteiger partial charge in [-0.05, 0) is 24.5 Å². The number of halogens is 1. The first-order valence-electron chi connectivity index (χ1n) is 5.15. The molecule has 1 saturated carbocycles. The number of hydrogen-bond acceptors (Lipinski definition) is 2. The summed E-state index contributed by atoms with van der Waals surface area (Å²) in [7, 11) is 0. The molecule has 78 valence electrons. The number of nitriles is 1. The van der Waals surface area contributed by atoms with Gasteiger partial charge in [-0.1, -0.05) is 34.1 Å². The lowest BCUT2D eigenvalue weighted by Gasteiger charge is -2.18. The Labute approximate surface area is 98.6 Å². The number of nitrogens with zero attached hydrogens (tertiary/aromatic N) is 2. The van der Waals surface area contributed by atoms with Gasteiger partial charge in [0.15, 0.2) is 0 Å². The topological polar surface area (TPSA) is 27.0 Å². The van der Waals surface area contributed by atoms with Crippen molar-refractivity contribution in [3.8, 4) is 6.07 Å². The molecule has 1 aromatic rings. The van der Waals surface area contributed by atoms with Crippen LogP contribution in [-0.4, -0.2) is 17.5 Å². The van der Waals surface area contributed by atoms with Gasteiger partial charge in [0.2, 0.25) is 0 Å². The highest BCUT2D eigenvalue weighted by molar-refractivity contribution is 9.10. The monoisotopic (exact) mass is 264 g/mol. The summed E-state index contributed by atoms with van der Waals surface area (Å²) in [6.07, 6.45) is 2.48. The highest BCUT2D eigenvalue weighted by Crippen LogP contribution is 2.29. The Kier molecular flexibility index (Phi) is 3.40. The maximum absolute atomic E-state index is 8.76. The van der Waals surface area contributed by atoms with Gasteiger partial charge in [-0.15, -0.1) is 0 Å². The van der Waals surface area contributed by atoms with Gasteiger partial charge < -0.3 is 0 Å². The second kappa shape index (κ2) is 4.78. The van der Waals surface area contributed by atoms with E-state index in [4.69, 9.17) is 5.26 Å². The number of rotatable bonds is 4. The van der Waals surface area contributed by atoms with Crippen LogP contribution in [0.15, 0.2) is 28.7 Å². The molecule has 0 amide bonds. The first kappa shape index (κ1) is 10.7. The molecule has 0 heterocycles. The third kappa shape index (κ3) is 2.80. The van der Waals surface area contributed by atoms with Crippen LogP contribution in [0.3, 0.4) is 0 Å². The van der Waals surface area contributed by atoms with Crippen LogP contribution < -0.4 is 0 Å². The summed E-state index contributed by atoms with van der Waals surface area (Å²) in [6.45, 7) is 1.41. The largest absolute Gasteiger partial charge is 0.283 e. The Morgan fingerprint density at radius 3 is 2.73 bits per heavy atom. The summed E-state index contributed by atoms with van der Waals surface area (Å²) in [5, 5.41) is 8.76. The maximum Gasteiger partial charge on any atom is 0.0871 e. The molecule has 0 spiro atoms. The van der Waals surface area contributed by atoms with E-state index < -0.39 is 0 Å². The van der Waals surface area contributed by atoms with Crippen molar-refractivity contribution in [2.45, 2.75) is 25.4 Å². The average molecular weight is 265 g/mol. The smallest absolute Gasteiger partial charge is 0.0871 e. The Bertz CT molecular complexity index is 379. The van der Waals surface area contributed by atoms with Crippen LogP contribution in [0.5, 0.6) is 0 Å². The lowest BCUT2D eigenvalue weighted by atomic mass is 10.2. The summed E-state index contributed by atoms with van der Waals surface area (Å²) in [5.74, 6) is 0. The van der Waals surface area contributed by atoms with E-state index in [0.29, 0.717) is 12.6 Å². The Morgan fingerprint density at radius 1 is 1.40 bits per heavy atom. The van der Waals surface area contributed by atoms with Crippen LogP contribution in [0.25, 0.3) is 0 Å². The van der Waals surface area contributed by atoms with E-state index in [9.17, 15) is 0 Å². The molecule has 0 radical (unpaired) electrons. The van der Waals surface area contributed by atoms with Gasteiger partial charge in [-0.2, -0.15) is 5.26 Å². The third-order valence-corrected chi connectivity index (χ3v) is 3.44. The minimum Gasteiger partial charge on any atom is -0.283 e. The van der Waals surface area contributed by atoms with Crippen molar-refractivity contribution in [3.63, 3.8) is 0 Å². The van der Waals surface area contributed by atoms with Crippen molar-refractivity contribution in [2.24, 2.45) is 0 Å². The van der Waals surface area contributed by atoms with E-state index in [-0.39, 0.29) is 0 Å².